The van der Waals surface area contributed by atoms with Crippen molar-refractivity contribution < 1.29 is 4.74 Å². The van der Waals surface area contributed by atoms with Gasteiger partial charge in [-0.15, -0.1) is 0 Å². The van der Waals surface area contributed by atoms with Crippen LogP contribution in [0.3, 0.4) is 0 Å². The molecule has 17 heavy (non-hydrogen) atoms. The topological polar surface area (TPSA) is 24.5 Å². The van der Waals surface area contributed by atoms with E-state index in [0.29, 0.717) is 5.41 Å². The molecule has 0 radical (unpaired) electrons. The quantitative estimate of drug-likeness (QED) is 0.604. The Bertz CT molecular complexity index is 244. The number of hydrogen-bond donors (Lipinski definition) is 1. The van der Waals surface area contributed by atoms with Crippen molar-refractivity contribution in [1.29, 1.82) is 0 Å². The van der Waals surface area contributed by atoms with Crippen molar-refractivity contribution in [3.05, 3.63) is 0 Å². The van der Waals surface area contributed by atoms with E-state index in [2.05, 4.69) is 24.1 Å². The van der Waals surface area contributed by atoms with Crippen LogP contribution in [0.15, 0.2) is 0 Å². The molecule has 0 unspecified atom stereocenters. The van der Waals surface area contributed by atoms with Gasteiger partial charge in [-0.1, -0.05) is 13.8 Å². The Morgan fingerprint density at radius 1 is 1.47 bits per heavy atom. The normalized spacial score (nSPS) is 19.1. The summed E-state index contributed by atoms with van der Waals surface area (Å²) < 4.78 is 5.30. The summed E-state index contributed by atoms with van der Waals surface area (Å²) >= 11 is 5.43. The first-order valence-electron chi connectivity index (χ1n) is 6.66. The molecule has 4 heteroatoms. The van der Waals surface area contributed by atoms with E-state index in [-0.39, 0.29) is 0 Å². The molecule has 1 heterocycles. The molecule has 1 aliphatic rings. The highest BCUT2D eigenvalue weighted by Gasteiger charge is 2.27. The summed E-state index contributed by atoms with van der Waals surface area (Å²) in [5, 5.41) is 4.24. The van der Waals surface area contributed by atoms with Crippen molar-refractivity contribution in [3.8, 4) is 0 Å². The standard InChI is InChI=1S/C13H26N2OS/c1-4-16-10-6-8-14-12(17)15-9-5-7-13(2,3)11-15/h4-11H2,1-3H3,(H,14,17). The van der Waals surface area contributed by atoms with E-state index in [1.807, 2.05) is 6.92 Å². The van der Waals surface area contributed by atoms with Crippen LogP contribution in [0.25, 0.3) is 0 Å². The first kappa shape index (κ1) is 14.7. The van der Waals surface area contributed by atoms with Crippen LogP contribution >= 0.6 is 12.2 Å². The first-order valence-corrected chi connectivity index (χ1v) is 7.06. The zero-order chi connectivity index (χ0) is 12.7. The van der Waals surface area contributed by atoms with Crippen LogP contribution in [-0.4, -0.2) is 42.9 Å². The lowest BCUT2D eigenvalue weighted by Crippen LogP contribution is -2.48. The molecule has 1 N–H and O–H groups in total. The lowest BCUT2D eigenvalue weighted by atomic mass is 9.84. The summed E-state index contributed by atoms with van der Waals surface area (Å²) in [7, 11) is 0. The number of nitrogens with zero attached hydrogens (tertiary/aromatic N) is 1. The van der Waals surface area contributed by atoms with Gasteiger partial charge in [0.15, 0.2) is 5.11 Å². The summed E-state index contributed by atoms with van der Waals surface area (Å²) in [6, 6.07) is 0. The largest absolute Gasteiger partial charge is 0.382 e. The van der Waals surface area contributed by atoms with Gasteiger partial charge in [0.25, 0.3) is 0 Å². The fourth-order valence-corrected chi connectivity index (χ4v) is 2.48. The Kier molecular flexibility index (Phi) is 6.20. The van der Waals surface area contributed by atoms with E-state index in [4.69, 9.17) is 17.0 Å². The molecule has 0 amide bonds. The number of hydrogen-bond acceptors (Lipinski definition) is 2. The third-order valence-electron chi connectivity index (χ3n) is 3.13. The predicted octanol–water partition coefficient (Wildman–Crippen LogP) is 2.41. The van der Waals surface area contributed by atoms with Crippen LogP contribution in [0.1, 0.15) is 40.0 Å². The van der Waals surface area contributed by atoms with Crippen LogP contribution in [0.5, 0.6) is 0 Å². The molecule has 0 aliphatic carbocycles. The fourth-order valence-electron chi connectivity index (χ4n) is 2.22. The average Bonchev–Trinajstić information content (AvgIpc) is 2.27. The number of thiocarbonyl (C=S) groups is 1. The third-order valence-corrected chi connectivity index (χ3v) is 3.54. The van der Waals surface area contributed by atoms with E-state index < -0.39 is 0 Å². The maximum Gasteiger partial charge on any atom is 0.168 e. The third kappa shape index (κ3) is 5.68. The minimum absolute atomic E-state index is 0.398. The molecule has 0 aromatic heterocycles. The van der Waals surface area contributed by atoms with Gasteiger partial charge in [-0.3, -0.25) is 0 Å². The number of likely N-dealkylation sites (tertiary alicyclic amines) is 1. The molecule has 100 valence electrons. The number of piperidine rings is 1. The molecular formula is C13H26N2OS. The van der Waals surface area contributed by atoms with Gasteiger partial charge in [-0.25, -0.2) is 0 Å². The van der Waals surface area contributed by atoms with Crippen LogP contribution in [-0.2, 0) is 4.74 Å². The van der Waals surface area contributed by atoms with Crippen molar-refractivity contribution in [2.24, 2.45) is 5.41 Å². The smallest absolute Gasteiger partial charge is 0.168 e. The molecule has 0 aromatic carbocycles. The maximum atomic E-state index is 5.43. The molecule has 0 saturated carbocycles. The maximum absolute atomic E-state index is 5.43. The minimum atomic E-state index is 0.398. The molecule has 0 atom stereocenters. The van der Waals surface area contributed by atoms with E-state index in [9.17, 15) is 0 Å². The summed E-state index contributed by atoms with van der Waals surface area (Å²) in [5.41, 5.74) is 0.398. The molecule has 1 fully saturated rings. The molecule has 1 saturated heterocycles. The van der Waals surface area contributed by atoms with Crippen LogP contribution in [0.2, 0.25) is 0 Å². The summed E-state index contributed by atoms with van der Waals surface area (Å²) in [6.45, 7) is 11.4. The number of rotatable bonds is 5. The Morgan fingerprint density at radius 3 is 2.88 bits per heavy atom. The van der Waals surface area contributed by atoms with E-state index in [1.54, 1.807) is 0 Å². The second-order valence-electron chi connectivity index (χ2n) is 5.47. The fraction of sp³-hybridized carbons (Fsp3) is 0.923. The SMILES string of the molecule is CCOCCCNC(=S)N1CCCC(C)(C)C1. The van der Waals surface area contributed by atoms with Gasteiger partial charge in [-0.2, -0.15) is 0 Å². The highest BCUT2D eigenvalue weighted by Crippen LogP contribution is 2.28. The molecule has 0 spiro atoms. The second-order valence-corrected chi connectivity index (χ2v) is 5.86. The van der Waals surface area contributed by atoms with Gasteiger partial charge in [-0.05, 0) is 43.8 Å². The summed E-state index contributed by atoms with van der Waals surface area (Å²) in [6.07, 6.45) is 3.56. The van der Waals surface area contributed by atoms with Gasteiger partial charge in [0.1, 0.15) is 0 Å². The molecule has 1 rings (SSSR count). The highest BCUT2D eigenvalue weighted by molar-refractivity contribution is 7.80. The summed E-state index contributed by atoms with van der Waals surface area (Å²) in [5.74, 6) is 0. The van der Waals surface area contributed by atoms with E-state index >= 15 is 0 Å². The molecule has 0 bridgehead atoms. The Labute approximate surface area is 111 Å². The van der Waals surface area contributed by atoms with Gasteiger partial charge < -0.3 is 15.0 Å². The van der Waals surface area contributed by atoms with E-state index in [1.165, 1.54) is 12.8 Å². The van der Waals surface area contributed by atoms with Gasteiger partial charge in [0, 0.05) is 32.8 Å². The zero-order valence-corrected chi connectivity index (χ0v) is 12.2. The molecular weight excluding hydrogens is 232 g/mol. The van der Waals surface area contributed by atoms with Crippen molar-refractivity contribution in [2.45, 2.75) is 40.0 Å². The number of ether oxygens (including phenoxy) is 1. The average molecular weight is 258 g/mol. The van der Waals surface area contributed by atoms with Crippen molar-refractivity contribution in [1.82, 2.24) is 10.2 Å². The highest BCUT2D eigenvalue weighted by atomic mass is 32.1. The van der Waals surface area contributed by atoms with Crippen LogP contribution in [0.4, 0.5) is 0 Å². The van der Waals surface area contributed by atoms with E-state index in [0.717, 1.165) is 44.4 Å². The molecule has 3 nitrogen and oxygen atoms in total. The monoisotopic (exact) mass is 258 g/mol. The van der Waals surface area contributed by atoms with Crippen molar-refractivity contribution in [3.63, 3.8) is 0 Å². The molecule has 0 aromatic rings. The van der Waals surface area contributed by atoms with Gasteiger partial charge in [0.05, 0.1) is 0 Å². The summed E-state index contributed by atoms with van der Waals surface area (Å²) in [4.78, 5) is 2.31. The van der Waals surface area contributed by atoms with Gasteiger partial charge in [0.2, 0.25) is 0 Å². The van der Waals surface area contributed by atoms with Crippen molar-refractivity contribution >= 4 is 17.3 Å². The lowest BCUT2D eigenvalue weighted by Gasteiger charge is -2.39. The Hall–Kier alpha value is -0.350. The lowest BCUT2D eigenvalue weighted by molar-refractivity contribution is 0.145. The Balaban J connectivity index is 2.18. The van der Waals surface area contributed by atoms with Crippen LogP contribution in [0, 0.1) is 5.41 Å². The second kappa shape index (κ2) is 7.17. The Morgan fingerprint density at radius 2 is 2.24 bits per heavy atom. The minimum Gasteiger partial charge on any atom is -0.382 e. The predicted molar refractivity (Wildman–Crippen MR) is 76.3 cm³/mol. The van der Waals surface area contributed by atoms with Crippen molar-refractivity contribution in [2.75, 3.05) is 32.8 Å². The van der Waals surface area contributed by atoms with Gasteiger partial charge >= 0.3 is 0 Å². The zero-order valence-electron chi connectivity index (χ0n) is 11.4. The first-order chi connectivity index (χ1) is 8.05. The number of nitrogens with one attached hydrogen (secondary N) is 1. The van der Waals surface area contributed by atoms with Crippen LogP contribution < -0.4 is 5.32 Å². The molecule has 1 aliphatic heterocycles.